The van der Waals surface area contributed by atoms with Gasteiger partial charge in [-0.2, -0.15) is 0 Å². The van der Waals surface area contributed by atoms with Gasteiger partial charge in [-0.05, 0) is 25.0 Å². The van der Waals surface area contributed by atoms with Gasteiger partial charge in [0.25, 0.3) is 0 Å². The Morgan fingerprint density at radius 3 is 2.88 bits per heavy atom. The fraction of sp³-hybridized carbons (Fsp3) is 0.429. The van der Waals surface area contributed by atoms with Gasteiger partial charge in [-0.3, -0.25) is 0 Å². The van der Waals surface area contributed by atoms with Crippen molar-refractivity contribution in [2.75, 3.05) is 13.2 Å². The van der Waals surface area contributed by atoms with Crippen LogP contribution in [0.5, 0.6) is 0 Å². The lowest BCUT2D eigenvalue weighted by molar-refractivity contribution is 0.0637. The molecule has 2 unspecified atom stereocenters. The van der Waals surface area contributed by atoms with E-state index in [-0.39, 0.29) is 0 Å². The van der Waals surface area contributed by atoms with Gasteiger partial charge >= 0.3 is 0 Å². The summed E-state index contributed by atoms with van der Waals surface area (Å²) < 4.78 is 5.50. The first kappa shape index (κ1) is 11.4. The van der Waals surface area contributed by atoms with Crippen LogP contribution in [0.2, 0.25) is 0 Å². The Bertz CT molecular complexity index is 373. The molecular weight excluding hydrogens is 198 g/mol. The number of ether oxygens (including phenoxy) is 1. The summed E-state index contributed by atoms with van der Waals surface area (Å²) in [6.45, 7) is 5.86. The molecule has 1 aromatic carbocycles. The average Bonchev–Trinajstić information content (AvgIpc) is 2.28. The quantitative estimate of drug-likeness (QED) is 0.821. The molecule has 2 nitrogen and oxygen atoms in total. The fourth-order valence-electron chi connectivity index (χ4n) is 1.94. The molecule has 1 N–H and O–H groups in total. The summed E-state index contributed by atoms with van der Waals surface area (Å²) in [5, 5.41) is 3.49. The highest BCUT2D eigenvalue weighted by Gasteiger charge is 2.15. The molecule has 1 aliphatic heterocycles. The van der Waals surface area contributed by atoms with E-state index in [1.807, 2.05) is 0 Å². The molecule has 2 rings (SSSR count). The van der Waals surface area contributed by atoms with Gasteiger partial charge < -0.3 is 10.1 Å². The van der Waals surface area contributed by atoms with Crippen molar-refractivity contribution in [1.29, 1.82) is 0 Å². The number of benzene rings is 1. The van der Waals surface area contributed by atoms with Crippen LogP contribution in [0.1, 0.15) is 18.1 Å². The topological polar surface area (TPSA) is 21.3 Å². The Morgan fingerprint density at radius 2 is 2.12 bits per heavy atom. The van der Waals surface area contributed by atoms with Crippen molar-refractivity contribution in [2.24, 2.45) is 0 Å². The zero-order valence-corrected chi connectivity index (χ0v) is 9.94. The van der Waals surface area contributed by atoms with Gasteiger partial charge in [-0.25, -0.2) is 0 Å². The predicted octanol–water partition coefficient (Wildman–Crippen LogP) is 2.39. The number of hydrogen-bond acceptors (Lipinski definition) is 2. The Balaban J connectivity index is 2.01. The third-order valence-electron chi connectivity index (χ3n) is 2.86. The highest BCUT2D eigenvalue weighted by Crippen LogP contribution is 2.10. The van der Waals surface area contributed by atoms with Crippen LogP contribution >= 0.6 is 0 Å². The largest absolute Gasteiger partial charge is 0.378 e. The maximum atomic E-state index is 5.50. The van der Waals surface area contributed by atoms with Gasteiger partial charge in [0.15, 0.2) is 0 Å². The lowest BCUT2D eigenvalue weighted by Gasteiger charge is -2.26. The Kier molecular flexibility index (Phi) is 3.75. The fourth-order valence-corrected chi connectivity index (χ4v) is 1.94. The third kappa shape index (κ3) is 2.94. The normalized spacial score (nSPS) is 26.1. The maximum absolute atomic E-state index is 5.50. The van der Waals surface area contributed by atoms with Crippen molar-refractivity contribution < 1.29 is 4.74 Å². The summed E-state index contributed by atoms with van der Waals surface area (Å²) in [6, 6.07) is 9.19. The monoisotopic (exact) mass is 217 g/mol. The second kappa shape index (κ2) is 5.28. The minimum absolute atomic E-state index is 0.336. The highest BCUT2D eigenvalue weighted by atomic mass is 16.5. The Morgan fingerprint density at radius 1 is 1.31 bits per heavy atom. The summed E-state index contributed by atoms with van der Waals surface area (Å²) in [4.78, 5) is 0. The molecule has 2 heteroatoms. The number of morpholine rings is 1. The molecular formula is C14H19NO. The lowest BCUT2D eigenvalue weighted by atomic mass is 10.1. The first-order valence-electron chi connectivity index (χ1n) is 5.83. The molecule has 0 amide bonds. The Hall–Kier alpha value is -1.12. The van der Waals surface area contributed by atoms with Crippen LogP contribution in [0.3, 0.4) is 0 Å². The van der Waals surface area contributed by atoms with E-state index in [4.69, 9.17) is 4.74 Å². The van der Waals surface area contributed by atoms with Crippen molar-refractivity contribution in [2.45, 2.75) is 25.9 Å². The third-order valence-corrected chi connectivity index (χ3v) is 2.86. The van der Waals surface area contributed by atoms with Gasteiger partial charge in [-0.15, -0.1) is 0 Å². The molecule has 16 heavy (non-hydrogen) atoms. The van der Waals surface area contributed by atoms with Gasteiger partial charge in [0.05, 0.1) is 13.2 Å². The summed E-state index contributed by atoms with van der Waals surface area (Å²) in [6.07, 6.45) is 4.37. The first-order chi connectivity index (χ1) is 7.75. The van der Waals surface area contributed by atoms with Gasteiger partial charge in [0, 0.05) is 12.1 Å². The van der Waals surface area contributed by atoms with Crippen LogP contribution in [0.15, 0.2) is 30.3 Å². The molecule has 0 aliphatic carbocycles. The first-order valence-corrected chi connectivity index (χ1v) is 5.83. The van der Waals surface area contributed by atoms with Crippen molar-refractivity contribution in [3.63, 3.8) is 0 Å². The van der Waals surface area contributed by atoms with Gasteiger partial charge in [0.1, 0.15) is 0 Å². The van der Waals surface area contributed by atoms with Crippen LogP contribution in [-0.2, 0) is 4.74 Å². The maximum Gasteiger partial charge on any atom is 0.0656 e. The molecule has 0 saturated carbocycles. The number of aryl methyl sites for hydroxylation is 1. The molecule has 0 aromatic heterocycles. The number of hydrogen-bond donors (Lipinski definition) is 1. The summed E-state index contributed by atoms with van der Waals surface area (Å²) in [7, 11) is 0. The molecule has 0 radical (unpaired) electrons. The van der Waals surface area contributed by atoms with E-state index in [1.54, 1.807) is 0 Å². The highest BCUT2D eigenvalue weighted by molar-refractivity contribution is 5.53. The minimum Gasteiger partial charge on any atom is -0.378 e. The van der Waals surface area contributed by atoms with E-state index in [0.29, 0.717) is 12.1 Å². The van der Waals surface area contributed by atoms with Crippen molar-refractivity contribution in [3.05, 3.63) is 41.5 Å². The molecule has 1 heterocycles. The zero-order chi connectivity index (χ0) is 11.4. The van der Waals surface area contributed by atoms with Crippen LogP contribution in [0.4, 0.5) is 0 Å². The van der Waals surface area contributed by atoms with Gasteiger partial charge in [-0.1, -0.05) is 36.4 Å². The summed E-state index contributed by atoms with van der Waals surface area (Å²) in [5.41, 5.74) is 2.59. The van der Waals surface area contributed by atoms with Crippen LogP contribution in [0, 0.1) is 6.92 Å². The minimum atomic E-state index is 0.336. The van der Waals surface area contributed by atoms with E-state index in [1.165, 1.54) is 11.1 Å². The molecule has 0 spiro atoms. The van der Waals surface area contributed by atoms with Crippen molar-refractivity contribution >= 4 is 6.08 Å². The van der Waals surface area contributed by atoms with Crippen LogP contribution < -0.4 is 5.32 Å². The molecule has 86 valence electrons. The lowest BCUT2D eigenvalue weighted by Crippen LogP contribution is -2.46. The second-order valence-corrected chi connectivity index (χ2v) is 4.43. The molecule has 0 bridgehead atoms. The average molecular weight is 217 g/mol. The van der Waals surface area contributed by atoms with Crippen LogP contribution in [-0.4, -0.2) is 25.3 Å². The zero-order valence-electron chi connectivity index (χ0n) is 9.94. The standard InChI is InChI=1S/C14H19NO/c1-11-5-3-4-6-13(11)7-8-14-10-16-9-12(2)15-14/h3-8,12,14-15H,9-10H2,1-2H3/b8-7+. The molecule has 1 aliphatic rings. The van der Waals surface area contributed by atoms with E-state index < -0.39 is 0 Å². The van der Waals surface area contributed by atoms with E-state index in [0.717, 1.165) is 13.2 Å². The van der Waals surface area contributed by atoms with Crippen molar-refractivity contribution in [1.82, 2.24) is 5.32 Å². The van der Waals surface area contributed by atoms with Gasteiger partial charge in [0.2, 0.25) is 0 Å². The molecule has 1 fully saturated rings. The van der Waals surface area contributed by atoms with Crippen LogP contribution in [0.25, 0.3) is 6.08 Å². The Labute approximate surface area is 97.3 Å². The number of nitrogens with one attached hydrogen (secondary N) is 1. The second-order valence-electron chi connectivity index (χ2n) is 4.43. The summed E-state index contributed by atoms with van der Waals surface area (Å²) in [5.74, 6) is 0. The molecule has 1 aromatic rings. The van der Waals surface area contributed by atoms with E-state index in [2.05, 4.69) is 55.6 Å². The number of rotatable bonds is 2. The SMILES string of the molecule is Cc1ccccc1/C=C/C1COCC(C)N1. The smallest absolute Gasteiger partial charge is 0.0656 e. The van der Waals surface area contributed by atoms with Crippen molar-refractivity contribution in [3.8, 4) is 0 Å². The molecule has 2 atom stereocenters. The predicted molar refractivity (Wildman–Crippen MR) is 67.4 cm³/mol. The molecule has 1 saturated heterocycles. The van der Waals surface area contributed by atoms with E-state index in [9.17, 15) is 0 Å². The van der Waals surface area contributed by atoms with E-state index >= 15 is 0 Å². The summed E-state index contributed by atoms with van der Waals surface area (Å²) >= 11 is 0.